The summed E-state index contributed by atoms with van der Waals surface area (Å²) in [5, 5.41) is 8.90. The topological polar surface area (TPSA) is 29.5 Å². The first-order valence-electron chi connectivity index (χ1n) is 8.48. The highest BCUT2D eigenvalue weighted by molar-refractivity contribution is 6.74. The van der Waals surface area contributed by atoms with Gasteiger partial charge in [0.15, 0.2) is 8.32 Å². The van der Waals surface area contributed by atoms with E-state index in [-0.39, 0.29) is 17.7 Å². The van der Waals surface area contributed by atoms with Crippen LogP contribution in [0.15, 0.2) is 36.5 Å². The normalized spacial score (nSPS) is 14.6. The molecule has 3 heteroatoms. The molecule has 0 saturated heterocycles. The fraction of sp³-hybridized carbons (Fsp3) is 0.600. The van der Waals surface area contributed by atoms with Gasteiger partial charge in [-0.15, -0.1) is 0 Å². The maximum Gasteiger partial charge on any atom is 0.192 e. The molecular weight excluding hydrogens is 300 g/mol. The molecule has 0 heterocycles. The van der Waals surface area contributed by atoms with Crippen LogP contribution in [0, 0.1) is 11.8 Å². The third kappa shape index (κ3) is 10.3. The Morgan fingerprint density at radius 3 is 2.35 bits per heavy atom. The van der Waals surface area contributed by atoms with Gasteiger partial charge < -0.3 is 9.53 Å². The van der Waals surface area contributed by atoms with Crippen LogP contribution >= 0.6 is 0 Å². The minimum atomic E-state index is -1.81. The van der Waals surface area contributed by atoms with Crippen molar-refractivity contribution in [1.29, 1.82) is 0 Å². The number of aliphatic hydroxyl groups is 1. The van der Waals surface area contributed by atoms with E-state index in [1.165, 1.54) is 0 Å². The Morgan fingerprint density at radius 2 is 1.78 bits per heavy atom. The molecule has 0 aliphatic carbocycles. The van der Waals surface area contributed by atoms with Crippen LogP contribution in [0.5, 0.6) is 0 Å². The predicted molar refractivity (Wildman–Crippen MR) is 104 cm³/mol. The Kier molecular flexibility index (Phi) is 10.9. The largest absolute Gasteiger partial charge is 0.410 e. The van der Waals surface area contributed by atoms with Gasteiger partial charge in [0.2, 0.25) is 0 Å². The van der Waals surface area contributed by atoms with Crippen molar-refractivity contribution in [1.82, 2.24) is 0 Å². The minimum absolute atomic E-state index is 0.0373. The lowest BCUT2D eigenvalue weighted by Gasteiger charge is -2.38. The number of aliphatic hydroxyl groups excluding tert-OH is 1. The van der Waals surface area contributed by atoms with E-state index in [1.54, 1.807) is 6.08 Å². The third-order valence-electron chi connectivity index (χ3n) is 4.04. The molecule has 1 N–H and O–H groups in total. The molecule has 0 aromatic rings. The Labute approximate surface area is 144 Å². The fourth-order valence-electron chi connectivity index (χ4n) is 1.65. The summed E-state index contributed by atoms with van der Waals surface area (Å²) in [5.41, 5.74) is 0. The van der Waals surface area contributed by atoms with Crippen molar-refractivity contribution in [3.63, 3.8) is 0 Å². The first-order valence-corrected chi connectivity index (χ1v) is 11.4. The summed E-state index contributed by atoms with van der Waals surface area (Å²) in [5.74, 6) is 5.46. The van der Waals surface area contributed by atoms with E-state index in [4.69, 9.17) is 9.53 Å². The van der Waals surface area contributed by atoms with Crippen molar-refractivity contribution in [2.75, 3.05) is 6.61 Å². The smallest absolute Gasteiger partial charge is 0.192 e. The van der Waals surface area contributed by atoms with Gasteiger partial charge >= 0.3 is 0 Å². The molecule has 0 aromatic heterocycles. The standard InChI is InChI=1S/C20H34O2Si/c1-7-8-9-10-11-13-16-19(17-14-12-15-18-21)22-23(5,6)20(2,3)4/h8-9,11,13-14,17,19,21H,7,10,16,18H2,1-6H3/b9-8-,13-11-,17-14+. The van der Waals surface area contributed by atoms with Crippen molar-refractivity contribution in [2.24, 2.45) is 0 Å². The van der Waals surface area contributed by atoms with Gasteiger partial charge in [-0.25, -0.2) is 0 Å². The highest BCUT2D eigenvalue weighted by Gasteiger charge is 2.38. The Hall–Kier alpha value is -1.08. The van der Waals surface area contributed by atoms with E-state index in [0.29, 0.717) is 0 Å². The molecule has 1 unspecified atom stereocenters. The van der Waals surface area contributed by atoms with Crippen LogP contribution in [0.4, 0.5) is 0 Å². The monoisotopic (exact) mass is 334 g/mol. The number of rotatable bonds is 8. The predicted octanol–water partition coefficient (Wildman–Crippen LogP) is 5.23. The zero-order chi connectivity index (χ0) is 17.8. The van der Waals surface area contributed by atoms with Gasteiger partial charge in [-0.3, -0.25) is 0 Å². The summed E-state index contributed by atoms with van der Waals surface area (Å²) in [7, 11) is -1.81. The SMILES string of the molecule is CC/C=C\C/C=C\CC(/C=C/C#CCO)O[Si](C)(C)C(C)(C)C. The quantitative estimate of drug-likeness (QED) is 0.374. The third-order valence-corrected chi connectivity index (χ3v) is 8.54. The van der Waals surface area contributed by atoms with Gasteiger partial charge in [-0.1, -0.05) is 63.8 Å². The number of hydrogen-bond acceptors (Lipinski definition) is 2. The van der Waals surface area contributed by atoms with E-state index < -0.39 is 8.32 Å². The highest BCUT2D eigenvalue weighted by atomic mass is 28.4. The molecule has 0 fully saturated rings. The molecule has 0 spiro atoms. The fourth-order valence-corrected chi connectivity index (χ4v) is 2.93. The summed E-state index contributed by atoms with van der Waals surface area (Å²) in [6.07, 6.45) is 15.5. The Bertz CT molecular complexity index is 456. The average Bonchev–Trinajstić information content (AvgIpc) is 2.45. The van der Waals surface area contributed by atoms with E-state index >= 15 is 0 Å². The van der Waals surface area contributed by atoms with Gasteiger partial charge in [-0.05, 0) is 49.5 Å². The molecule has 0 radical (unpaired) electrons. The molecule has 0 aromatic carbocycles. The minimum Gasteiger partial charge on any atom is -0.410 e. The molecule has 0 amide bonds. The summed E-state index contributed by atoms with van der Waals surface area (Å²) >= 11 is 0. The van der Waals surface area contributed by atoms with Gasteiger partial charge in [0.1, 0.15) is 6.61 Å². The van der Waals surface area contributed by atoms with Gasteiger partial charge in [-0.2, -0.15) is 0 Å². The Morgan fingerprint density at radius 1 is 1.13 bits per heavy atom. The molecule has 0 aliphatic rings. The second-order valence-electron chi connectivity index (χ2n) is 7.08. The summed E-state index contributed by atoms with van der Waals surface area (Å²) in [6, 6.07) is 0. The lowest BCUT2D eigenvalue weighted by atomic mass is 10.2. The van der Waals surface area contributed by atoms with Crippen molar-refractivity contribution in [2.45, 2.75) is 71.2 Å². The highest BCUT2D eigenvalue weighted by Crippen LogP contribution is 2.37. The summed E-state index contributed by atoms with van der Waals surface area (Å²) in [4.78, 5) is 0. The lowest BCUT2D eigenvalue weighted by molar-refractivity contribution is 0.228. The second kappa shape index (κ2) is 11.5. The van der Waals surface area contributed by atoms with Crippen LogP contribution in [0.25, 0.3) is 0 Å². The molecule has 0 saturated carbocycles. The van der Waals surface area contributed by atoms with E-state index in [9.17, 15) is 0 Å². The van der Waals surface area contributed by atoms with Crippen molar-refractivity contribution in [3.05, 3.63) is 36.5 Å². The first kappa shape index (κ1) is 21.9. The molecule has 2 nitrogen and oxygen atoms in total. The van der Waals surface area contributed by atoms with Crippen molar-refractivity contribution < 1.29 is 9.53 Å². The van der Waals surface area contributed by atoms with Gasteiger partial charge in [0, 0.05) is 0 Å². The first-order chi connectivity index (χ1) is 10.7. The van der Waals surface area contributed by atoms with Crippen molar-refractivity contribution >= 4 is 8.32 Å². The summed E-state index contributed by atoms with van der Waals surface area (Å²) < 4.78 is 6.46. The molecule has 0 bridgehead atoms. The van der Waals surface area contributed by atoms with Crippen LogP contribution in [0.1, 0.15) is 47.0 Å². The maximum atomic E-state index is 8.72. The maximum absolute atomic E-state index is 8.72. The van der Waals surface area contributed by atoms with Crippen LogP contribution in [0.3, 0.4) is 0 Å². The van der Waals surface area contributed by atoms with Crippen LogP contribution in [-0.4, -0.2) is 26.1 Å². The van der Waals surface area contributed by atoms with Crippen LogP contribution in [-0.2, 0) is 4.43 Å². The average molecular weight is 335 g/mol. The lowest BCUT2D eigenvalue weighted by Crippen LogP contribution is -2.43. The van der Waals surface area contributed by atoms with E-state index in [2.05, 4.69) is 76.9 Å². The van der Waals surface area contributed by atoms with Gasteiger partial charge in [0.25, 0.3) is 0 Å². The zero-order valence-electron chi connectivity index (χ0n) is 15.7. The van der Waals surface area contributed by atoms with E-state index in [0.717, 1.165) is 19.3 Å². The number of hydrogen-bond donors (Lipinski definition) is 1. The van der Waals surface area contributed by atoms with Crippen molar-refractivity contribution in [3.8, 4) is 11.8 Å². The summed E-state index contributed by atoms with van der Waals surface area (Å²) in [6.45, 7) is 13.3. The second-order valence-corrected chi connectivity index (χ2v) is 11.8. The molecule has 1 atom stereocenters. The van der Waals surface area contributed by atoms with Gasteiger partial charge in [0.05, 0.1) is 6.10 Å². The molecule has 0 aliphatic heterocycles. The van der Waals surface area contributed by atoms with Crippen LogP contribution < -0.4 is 0 Å². The zero-order valence-corrected chi connectivity index (χ0v) is 16.7. The number of allylic oxidation sites excluding steroid dienone is 4. The molecule has 23 heavy (non-hydrogen) atoms. The van der Waals surface area contributed by atoms with E-state index in [1.807, 2.05) is 6.08 Å². The molecule has 130 valence electrons. The Balaban J connectivity index is 4.82. The van der Waals surface area contributed by atoms with Crippen LogP contribution in [0.2, 0.25) is 18.1 Å². The molecular formula is C20H34O2Si. The molecule has 0 rings (SSSR count).